The fourth-order valence-corrected chi connectivity index (χ4v) is 6.35. The molecule has 0 saturated heterocycles. The van der Waals surface area contributed by atoms with Crippen molar-refractivity contribution in [2.24, 2.45) is 28.6 Å². The van der Waals surface area contributed by atoms with Gasteiger partial charge in [-0.25, -0.2) is 0 Å². The Balaban J connectivity index is 2.18. The van der Waals surface area contributed by atoms with Crippen molar-refractivity contribution in [3.05, 3.63) is 11.6 Å². The first-order valence-corrected chi connectivity index (χ1v) is 13.2. The van der Waals surface area contributed by atoms with E-state index in [0.717, 1.165) is 31.3 Å². The zero-order valence-electron chi connectivity index (χ0n) is 23.2. The molecule has 0 radical (unpaired) electrons. The van der Waals surface area contributed by atoms with Crippen molar-refractivity contribution in [1.82, 2.24) is 0 Å². The molecule has 0 aromatic heterocycles. The normalized spacial score (nSPS) is 29.8. The molecule has 0 aromatic rings. The zero-order chi connectivity index (χ0) is 27.8. The fourth-order valence-electron chi connectivity index (χ4n) is 6.35. The molecule has 210 valence electrons. The lowest BCUT2D eigenvalue weighted by Crippen LogP contribution is -2.55. The van der Waals surface area contributed by atoms with Crippen molar-refractivity contribution in [3.63, 3.8) is 0 Å². The minimum absolute atomic E-state index is 0.0236. The average Bonchev–Trinajstić information content (AvgIpc) is 2.82. The number of hydrogen-bond donors (Lipinski definition) is 1. The number of allylic oxidation sites excluding steroid dienone is 1. The van der Waals surface area contributed by atoms with Gasteiger partial charge in [0.15, 0.2) is 0 Å². The molecule has 0 aliphatic heterocycles. The van der Waals surface area contributed by atoms with Crippen LogP contribution in [0.3, 0.4) is 0 Å². The first kappa shape index (κ1) is 30.8. The molecule has 0 amide bonds. The van der Waals surface area contributed by atoms with Gasteiger partial charge >= 0.3 is 23.9 Å². The number of esters is 4. The number of fused-ring (bicyclic) bond motifs is 1. The minimum Gasteiger partial charge on any atom is -0.469 e. The van der Waals surface area contributed by atoms with Gasteiger partial charge in [-0.2, -0.15) is 0 Å². The Morgan fingerprint density at radius 3 is 2.35 bits per heavy atom. The highest BCUT2D eigenvalue weighted by Gasteiger charge is 2.57. The van der Waals surface area contributed by atoms with Crippen LogP contribution in [0.5, 0.6) is 0 Å². The maximum Gasteiger partial charge on any atom is 0.317 e. The van der Waals surface area contributed by atoms with E-state index in [4.69, 9.17) is 14.2 Å². The topological polar surface area (TPSA) is 125 Å². The van der Waals surface area contributed by atoms with Crippen LogP contribution in [-0.4, -0.2) is 62.0 Å². The van der Waals surface area contributed by atoms with E-state index in [1.807, 2.05) is 0 Å². The van der Waals surface area contributed by atoms with Crippen LogP contribution in [0.1, 0.15) is 79.6 Å². The molecule has 2 aliphatic carbocycles. The van der Waals surface area contributed by atoms with E-state index in [1.165, 1.54) is 21.0 Å². The highest BCUT2D eigenvalue weighted by atomic mass is 16.6. The molecule has 1 N–H and O–H groups in total. The van der Waals surface area contributed by atoms with E-state index in [0.29, 0.717) is 12.8 Å². The first-order chi connectivity index (χ1) is 17.3. The summed E-state index contributed by atoms with van der Waals surface area (Å²) in [7, 11) is 1.23. The van der Waals surface area contributed by atoms with Crippen LogP contribution in [0.2, 0.25) is 0 Å². The quantitative estimate of drug-likeness (QED) is 0.176. The predicted octanol–water partition coefficient (Wildman–Crippen LogP) is 3.76. The third kappa shape index (κ3) is 8.03. The van der Waals surface area contributed by atoms with Crippen LogP contribution in [0.15, 0.2) is 11.6 Å². The van der Waals surface area contributed by atoms with Gasteiger partial charge in [0, 0.05) is 13.8 Å². The van der Waals surface area contributed by atoms with Crippen molar-refractivity contribution >= 4 is 23.9 Å². The largest absolute Gasteiger partial charge is 0.469 e. The summed E-state index contributed by atoms with van der Waals surface area (Å²) < 4.78 is 20.4. The second-order valence-corrected chi connectivity index (χ2v) is 11.1. The minimum atomic E-state index is -0.641. The number of carbonyl (C=O) groups excluding carboxylic acids is 4. The molecule has 0 spiro atoms. The summed E-state index contributed by atoms with van der Waals surface area (Å²) in [6.45, 7) is 9.81. The zero-order valence-corrected chi connectivity index (χ0v) is 23.2. The van der Waals surface area contributed by atoms with Gasteiger partial charge in [0.05, 0.1) is 26.4 Å². The Kier molecular flexibility index (Phi) is 11.2. The number of carbonyl (C=O) groups is 4. The van der Waals surface area contributed by atoms with Crippen molar-refractivity contribution in [3.8, 4) is 0 Å². The Hall–Kier alpha value is -2.42. The van der Waals surface area contributed by atoms with Crippen LogP contribution in [0.4, 0.5) is 0 Å². The molecule has 37 heavy (non-hydrogen) atoms. The van der Waals surface area contributed by atoms with Crippen molar-refractivity contribution < 1.29 is 43.2 Å². The second kappa shape index (κ2) is 13.4. The van der Waals surface area contributed by atoms with E-state index < -0.39 is 24.5 Å². The molecule has 9 nitrogen and oxygen atoms in total. The molecular formula is C28H44O9. The van der Waals surface area contributed by atoms with E-state index in [2.05, 4.69) is 31.6 Å². The Morgan fingerprint density at radius 1 is 1.05 bits per heavy atom. The maximum absolute atomic E-state index is 12.1. The van der Waals surface area contributed by atoms with Gasteiger partial charge in [-0.1, -0.05) is 26.8 Å². The number of hydrogen-bond acceptors (Lipinski definition) is 9. The molecule has 2 rings (SSSR count). The molecule has 0 heterocycles. The van der Waals surface area contributed by atoms with Crippen molar-refractivity contribution in [2.75, 3.05) is 26.9 Å². The number of rotatable bonds is 12. The summed E-state index contributed by atoms with van der Waals surface area (Å²) in [5.74, 6) is -1.66. The van der Waals surface area contributed by atoms with E-state index >= 15 is 0 Å². The Bertz CT molecular complexity index is 866. The number of ether oxygens (including phenoxy) is 4. The molecule has 1 saturated carbocycles. The van der Waals surface area contributed by atoms with Gasteiger partial charge in [-0.3, -0.25) is 19.2 Å². The lowest BCUT2D eigenvalue weighted by atomic mass is 9.46. The Labute approximate surface area is 220 Å². The van der Waals surface area contributed by atoms with Gasteiger partial charge in [-0.15, -0.1) is 0 Å². The van der Waals surface area contributed by atoms with E-state index in [1.54, 1.807) is 0 Å². The molecule has 2 aliphatic rings. The van der Waals surface area contributed by atoms with Crippen molar-refractivity contribution in [2.45, 2.75) is 85.7 Å². The van der Waals surface area contributed by atoms with Gasteiger partial charge in [-0.05, 0) is 72.7 Å². The standard InChI is InChI=1S/C28H44O9/c1-18-23(31)15-28(5)22(17-37-26(33)14-25(32)34-6)8-7-9-24(28)27(18,4)12-10-21(16-36-20(3)30)11-13-35-19(2)29/h8,18,21,23-24,31H,7,9-17H2,1-6H3. The molecule has 6 atom stereocenters. The highest BCUT2D eigenvalue weighted by molar-refractivity contribution is 5.91. The third-order valence-electron chi connectivity index (χ3n) is 8.75. The summed E-state index contributed by atoms with van der Waals surface area (Å²) in [5, 5.41) is 11.2. The summed E-state index contributed by atoms with van der Waals surface area (Å²) in [6.07, 6.45) is 5.63. The van der Waals surface area contributed by atoms with Crippen LogP contribution >= 0.6 is 0 Å². The smallest absolute Gasteiger partial charge is 0.317 e. The first-order valence-electron chi connectivity index (χ1n) is 13.2. The lowest BCUT2D eigenvalue weighted by Gasteiger charge is -2.60. The molecule has 6 unspecified atom stereocenters. The van der Waals surface area contributed by atoms with Crippen LogP contribution in [0.25, 0.3) is 0 Å². The number of methoxy groups -OCH3 is 1. The Morgan fingerprint density at radius 2 is 1.73 bits per heavy atom. The van der Waals surface area contributed by atoms with Crippen LogP contribution in [0, 0.1) is 28.6 Å². The predicted molar refractivity (Wildman–Crippen MR) is 135 cm³/mol. The monoisotopic (exact) mass is 524 g/mol. The summed E-state index contributed by atoms with van der Waals surface area (Å²) in [5.41, 5.74) is 0.385. The van der Waals surface area contributed by atoms with Crippen LogP contribution < -0.4 is 0 Å². The number of aliphatic hydroxyl groups excluding tert-OH is 1. The van der Waals surface area contributed by atoms with E-state index in [9.17, 15) is 24.3 Å². The summed E-state index contributed by atoms with van der Waals surface area (Å²) in [4.78, 5) is 46.2. The highest BCUT2D eigenvalue weighted by Crippen LogP contribution is 2.62. The van der Waals surface area contributed by atoms with Crippen molar-refractivity contribution in [1.29, 1.82) is 0 Å². The lowest BCUT2D eigenvalue weighted by molar-refractivity contribution is -0.153. The maximum atomic E-state index is 12.1. The molecule has 0 aromatic carbocycles. The van der Waals surface area contributed by atoms with Gasteiger partial charge in [0.2, 0.25) is 0 Å². The van der Waals surface area contributed by atoms with E-state index in [-0.39, 0.29) is 60.3 Å². The molecule has 9 heteroatoms. The molecule has 1 fully saturated rings. The SMILES string of the molecule is COC(=O)CC(=O)OCC1=CCCC2C1(C)CC(O)C(C)C2(C)CCC(CCOC(C)=O)COC(C)=O. The van der Waals surface area contributed by atoms with Gasteiger partial charge in [0.25, 0.3) is 0 Å². The molecule has 0 bridgehead atoms. The number of aliphatic hydroxyl groups is 1. The van der Waals surface area contributed by atoms with Crippen LogP contribution in [-0.2, 0) is 38.1 Å². The fraction of sp³-hybridized carbons (Fsp3) is 0.786. The summed E-state index contributed by atoms with van der Waals surface area (Å²) >= 11 is 0. The third-order valence-corrected chi connectivity index (χ3v) is 8.75. The summed E-state index contributed by atoms with van der Waals surface area (Å²) in [6, 6.07) is 0. The second-order valence-electron chi connectivity index (χ2n) is 11.1. The average molecular weight is 525 g/mol. The van der Waals surface area contributed by atoms with Gasteiger partial charge in [0.1, 0.15) is 13.0 Å². The molecular weight excluding hydrogens is 480 g/mol. The van der Waals surface area contributed by atoms with Gasteiger partial charge < -0.3 is 24.1 Å².